The average molecular weight is 937 g/mol. The Bertz CT molecular complexity index is 2000. The molecule has 8 nitrogen and oxygen atoms in total. The van der Waals surface area contributed by atoms with Gasteiger partial charge in [0.05, 0.1) is 20.4 Å². The molecule has 0 radical (unpaired) electrons. The summed E-state index contributed by atoms with van der Waals surface area (Å²) in [6.07, 6.45) is 1.52. The largest absolute Gasteiger partial charge is 0.500 e. The van der Waals surface area contributed by atoms with E-state index in [1.807, 2.05) is 12.1 Å². The molecule has 0 saturated carbocycles. The molecule has 0 amide bonds. The molecule has 4 aromatic carbocycles. The predicted molar refractivity (Wildman–Crippen MR) is 252 cm³/mol. The van der Waals surface area contributed by atoms with Crippen molar-refractivity contribution in [3.05, 3.63) is 95.1 Å². The van der Waals surface area contributed by atoms with Crippen molar-refractivity contribution < 1.29 is 26.6 Å². The Balaban J connectivity index is 1.23. The van der Waals surface area contributed by atoms with Crippen molar-refractivity contribution in [1.29, 1.82) is 0 Å². The molecule has 2 aromatic heterocycles. The minimum Gasteiger partial charge on any atom is -0.377 e. The lowest BCUT2D eigenvalue weighted by Crippen LogP contribution is -2.43. The highest BCUT2D eigenvalue weighted by atomic mass is 33.9. The van der Waals surface area contributed by atoms with Gasteiger partial charge in [0.25, 0.3) is 0 Å². The van der Waals surface area contributed by atoms with Crippen LogP contribution in [-0.2, 0) is 39.4 Å². The van der Waals surface area contributed by atoms with Crippen LogP contribution in [0.1, 0.15) is 22.3 Å². The van der Waals surface area contributed by atoms with Gasteiger partial charge in [0.1, 0.15) is 10.0 Å². The second-order valence-electron chi connectivity index (χ2n) is 12.5. The van der Waals surface area contributed by atoms with Crippen LogP contribution in [0.5, 0.6) is 0 Å². The van der Waals surface area contributed by atoms with E-state index in [1.165, 1.54) is 52.6 Å². The molecule has 0 aliphatic carbocycles. The molecule has 0 N–H and O–H groups in total. The molecule has 0 unspecified atom stereocenters. The maximum Gasteiger partial charge on any atom is 0.500 e. The van der Waals surface area contributed by atoms with Gasteiger partial charge in [-0.05, 0) is 134 Å². The van der Waals surface area contributed by atoms with E-state index in [9.17, 15) is 0 Å². The average Bonchev–Trinajstić information content (AvgIpc) is 3.86. The maximum absolute atomic E-state index is 5.79. The van der Waals surface area contributed by atoms with Gasteiger partial charge in [0.2, 0.25) is 0 Å². The monoisotopic (exact) mass is 936 g/mol. The van der Waals surface area contributed by atoms with E-state index in [0.29, 0.717) is 12.1 Å². The zero-order valence-corrected chi connectivity index (χ0v) is 40.9. The summed E-state index contributed by atoms with van der Waals surface area (Å²) in [6, 6.07) is 26.9. The number of hydrogen-bond acceptors (Lipinski definition) is 16. The standard InChI is InChI=1S/C38H44N2O6S8Si2/c1-25-17-19-27(21-23-55(41-3,42-4)43-5)35(33(25)37-39-29-13-9-11-15-31(29)47-37)49-51-53-54-52-50-36-28(22-24-56(44-6,45-7)46-8)20-18-26(2)34(36)38-40-30-14-10-12-16-32(30)48-38/h9-20H,21-24H2,1-8H3. The van der Waals surface area contributed by atoms with Gasteiger partial charge in [0, 0.05) is 75.7 Å². The number of hydrogen-bond donors (Lipinski definition) is 0. The van der Waals surface area contributed by atoms with E-state index in [0.717, 1.165) is 33.9 Å². The lowest BCUT2D eigenvalue weighted by molar-refractivity contribution is 0.123. The Morgan fingerprint density at radius 3 is 1.23 bits per heavy atom. The molecule has 2 heterocycles. The number of aromatic nitrogens is 2. The van der Waals surface area contributed by atoms with Crippen molar-refractivity contribution in [2.75, 3.05) is 42.7 Å². The van der Waals surface area contributed by atoms with Crippen LogP contribution in [0, 0.1) is 13.8 Å². The molecule has 0 spiro atoms. The van der Waals surface area contributed by atoms with Gasteiger partial charge in [0.15, 0.2) is 0 Å². The molecule has 6 aromatic rings. The third-order valence-electron chi connectivity index (χ3n) is 9.50. The molecule has 0 bridgehead atoms. The van der Waals surface area contributed by atoms with Crippen LogP contribution < -0.4 is 0 Å². The van der Waals surface area contributed by atoms with Crippen LogP contribution in [0.2, 0.25) is 12.1 Å². The summed E-state index contributed by atoms with van der Waals surface area (Å²) < 4.78 is 37.1. The number of para-hydroxylation sites is 2. The highest BCUT2D eigenvalue weighted by Crippen LogP contribution is 2.59. The molecule has 56 heavy (non-hydrogen) atoms. The van der Waals surface area contributed by atoms with Gasteiger partial charge >= 0.3 is 17.6 Å². The fourth-order valence-electron chi connectivity index (χ4n) is 6.33. The van der Waals surface area contributed by atoms with Crippen LogP contribution in [0.15, 0.2) is 82.6 Å². The van der Waals surface area contributed by atoms with Crippen molar-refractivity contribution in [3.8, 4) is 21.1 Å². The van der Waals surface area contributed by atoms with Crippen LogP contribution in [0.25, 0.3) is 41.6 Å². The highest BCUT2D eigenvalue weighted by molar-refractivity contribution is 9.41. The first-order chi connectivity index (χ1) is 27.2. The first kappa shape index (κ1) is 44.5. The van der Waals surface area contributed by atoms with Crippen molar-refractivity contribution in [1.82, 2.24) is 9.97 Å². The van der Waals surface area contributed by atoms with E-state index in [2.05, 4.69) is 74.5 Å². The SMILES string of the molecule is CO[Si](CCc1ccc(C)c(-c2nc3ccccc3s2)c1SSSSSSc1c(CC[Si](OC)(OC)OC)ccc(C)c1-c1nc2ccccc2s1)(OC)OC. The van der Waals surface area contributed by atoms with Crippen LogP contribution >= 0.6 is 83.6 Å². The van der Waals surface area contributed by atoms with Crippen LogP contribution in [0.3, 0.4) is 0 Å². The van der Waals surface area contributed by atoms with Crippen molar-refractivity contribution in [3.63, 3.8) is 0 Å². The quantitative estimate of drug-likeness (QED) is 0.0390. The van der Waals surface area contributed by atoms with Gasteiger partial charge < -0.3 is 26.6 Å². The van der Waals surface area contributed by atoms with E-state index in [4.69, 9.17) is 36.5 Å². The zero-order chi connectivity index (χ0) is 39.7. The topological polar surface area (TPSA) is 81.2 Å². The summed E-state index contributed by atoms with van der Waals surface area (Å²) in [5, 5.41) is 2.06. The molecule has 0 aliphatic rings. The smallest absolute Gasteiger partial charge is 0.377 e. The van der Waals surface area contributed by atoms with Gasteiger partial charge in [-0.25, -0.2) is 9.97 Å². The summed E-state index contributed by atoms with van der Waals surface area (Å²) in [4.78, 5) is 12.6. The van der Waals surface area contributed by atoms with Crippen LogP contribution in [0.4, 0.5) is 0 Å². The maximum atomic E-state index is 5.79. The molecular weight excluding hydrogens is 893 g/mol. The summed E-state index contributed by atoms with van der Waals surface area (Å²) in [5.74, 6) is 0. The first-order valence-electron chi connectivity index (χ1n) is 17.5. The fraction of sp³-hybridized carbons (Fsp3) is 0.316. The number of thiazole rings is 2. The zero-order valence-electron chi connectivity index (χ0n) is 32.4. The van der Waals surface area contributed by atoms with Crippen LogP contribution in [-0.4, -0.2) is 70.2 Å². The Morgan fingerprint density at radius 1 is 0.500 bits per heavy atom. The number of fused-ring (bicyclic) bond motifs is 2. The Kier molecular flexibility index (Phi) is 16.7. The van der Waals surface area contributed by atoms with Crippen molar-refractivity contribution >= 4 is 122 Å². The Morgan fingerprint density at radius 2 is 0.875 bits per heavy atom. The lowest BCUT2D eigenvalue weighted by Gasteiger charge is -2.25. The van der Waals surface area contributed by atoms with E-state index >= 15 is 0 Å². The van der Waals surface area contributed by atoms with Crippen molar-refractivity contribution in [2.45, 2.75) is 48.6 Å². The molecule has 18 heteroatoms. The van der Waals surface area contributed by atoms with E-state index < -0.39 is 17.6 Å². The fourth-order valence-corrected chi connectivity index (χ4v) is 23.9. The van der Waals surface area contributed by atoms with Gasteiger partial charge in [-0.15, -0.1) is 22.7 Å². The number of benzene rings is 4. The van der Waals surface area contributed by atoms with E-state index in [-0.39, 0.29) is 0 Å². The van der Waals surface area contributed by atoms with E-state index in [1.54, 1.807) is 126 Å². The summed E-state index contributed by atoms with van der Waals surface area (Å²) in [5.41, 5.74) is 9.25. The van der Waals surface area contributed by atoms with Gasteiger partial charge in [-0.2, -0.15) is 0 Å². The summed E-state index contributed by atoms with van der Waals surface area (Å²) in [6.45, 7) is 4.35. The summed E-state index contributed by atoms with van der Waals surface area (Å²) in [7, 11) is 15.1. The third kappa shape index (κ3) is 10.3. The molecule has 0 saturated heterocycles. The molecule has 298 valence electrons. The number of rotatable bonds is 21. The molecular formula is C38H44N2O6S8Si2. The number of aryl methyl sites for hydroxylation is 4. The molecule has 0 aliphatic heterocycles. The highest BCUT2D eigenvalue weighted by Gasteiger charge is 2.38. The Labute approximate surface area is 362 Å². The lowest BCUT2D eigenvalue weighted by atomic mass is 10.0. The first-order valence-corrected chi connectivity index (χ1v) is 30.5. The minimum absolute atomic E-state index is 0.671. The second kappa shape index (κ2) is 21.0. The molecule has 0 atom stereocenters. The normalized spacial score (nSPS) is 12.4. The third-order valence-corrected chi connectivity index (χ3v) is 27.8. The second-order valence-corrected chi connectivity index (χ2v) is 30.0. The Hall–Kier alpha value is -1.05. The molecule has 6 rings (SSSR count). The minimum atomic E-state index is -2.78. The van der Waals surface area contributed by atoms with Gasteiger partial charge in [-0.3, -0.25) is 0 Å². The number of nitrogens with zero attached hydrogens (tertiary/aromatic N) is 2. The predicted octanol–water partition coefficient (Wildman–Crippen LogP) is 13.1. The molecule has 0 fully saturated rings. The van der Waals surface area contributed by atoms with Gasteiger partial charge in [-0.1, -0.05) is 48.5 Å². The van der Waals surface area contributed by atoms with Crippen molar-refractivity contribution in [2.24, 2.45) is 0 Å². The summed E-state index contributed by atoms with van der Waals surface area (Å²) >= 11 is 3.48.